The molecule has 0 bridgehead atoms. The number of hydrogen-bond acceptors (Lipinski definition) is 5. The predicted octanol–water partition coefficient (Wildman–Crippen LogP) is 4.35. The Morgan fingerprint density at radius 1 is 1.15 bits per heavy atom. The summed E-state index contributed by atoms with van der Waals surface area (Å²) in [5, 5.41) is 7.07. The number of aryl methyl sites for hydroxylation is 3. The average molecular weight is 383 g/mol. The molecule has 140 valence electrons. The third-order valence-electron chi connectivity index (χ3n) is 4.18. The zero-order valence-corrected chi connectivity index (χ0v) is 16.3. The number of aromatic nitrogens is 2. The number of rotatable bonds is 6. The molecule has 0 spiro atoms. The number of amides is 1. The van der Waals surface area contributed by atoms with E-state index < -0.39 is 0 Å². The molecule has 0 unspecified atom stereocenters. The van der Waals surface area contributed by atoms with Crippen LogP contribution in [0, 0.1) is 25.6 Å². The molecule has 0 fully saturated rings. The number of hydrogen-bond donors (Lipinski definition) is 1. The number of benzene rings is 2. The van der Waals surface area contributed by atoms with Crippen LogP contribution in [0.15, 0.2) is 46.9 Å². The van der Waals surface area contributed by atoms with Gasteiger partial charge in [-0.05, 0) is 67.9 Å². The molecule has 1 aromatic heterocycles. The standard InChI is InChI=1S/C20H21N3O3S/c1-13-8-9-16(10-15(13)3)21-18(24)11-23-20(27)26-19(22-23)12-25-17-7-5-4-6-14(17)2/h4-10H,11-12H2,1-3H3,(H,21,24). The lowest BCUT2D eigenvalue weighted by Gasteiger charge is -2.07. The quantitative estimate of drug-likeness (QED) is 0.641. The Morgan fingerprint density at radius 3 is 2.67 bits per heavy atom. The summed E-state index contributed by atoms with van der Waals surface area (Å²) in [4.78, 5) is 12.4. The summed E-state index contributed by atoms with van der Waals surface area (Å²) in [6, 6.07) is 13.4. The van der Waals surface area contributed by atoms with Gasteiger partial charge in [0.1, 0.15) is 12.3 Å². The van der Waals surface area contributed by atoms with Crippen LogP contribution in [-0.4, -0.2) is 15.7 Å². The summed E-state index contributed by atoms with van der Waals surface area (Å²) in [6.07, 6.45) is 0. The van der Waals surface area contributed by atoms with E-state index in [9.17, 15) is 4.79 Å². The molecule has 0 aliphatic carbocycles. The maximum absolute atomic E-state index is 12.3. The maximum Gasteiger partial charge on any atom is 0.287 e. The molecule has 3 aromatic rings. The van der Waals surface area contributed by atoms with Gasteiger partial charge >= 0.3 is 0 Å². The zero-order valence-electron chi connectivity index (χ0n) is 15.5. The summed E-state index contributed by atoms with van der Waals surface area (Å²) in [6.45, 7) is 6.09. The second kappa shape index (κ2) is 8.18. The van der Waals surface area contributed by atoms with Crippen molar-refractivity contribution >= 4 is 23.8 Å². The third-order valence-corrected chi connectivity index (χ3v) is 4.47. The first-order valence-electron chi connectivity index (χ1n) is 8.55. The van der Waals surface area contributed by atoms with Gasteiger partial charge in [0, 0.05) is 5.69 Å². The molecule has 27 heavy (non-hydrogen) atoms. The van der Waals surface area contributed by atoms with Crippen LogP contribution in [0.2, 0.25) is 0 Å². The van der Waals surface area contributed by atoms with Crippen molar-refractivity contribution in [2.24, 2.45) is 0 Å². The molecular formula is C20H21N3O3S. The molecular weight excluding hydrogens is 362 g/mol. The largest absolute Gasteiger partial charge is 0.484 e. The van der Waals surface area contributed by atoms with Crippen molar-refractivity contribution in [3.8, 4) is 5.75 Å². The first-order valence-corrected chi connectivity index (χ1v) is 8.95. The van der Waals surface area contributed by atoms with Crippen LogP contribution in [0.3, 0.4) is 0 Å². The van der Waals surface area contributed by atoms with Gasteiger partial charge in [0.05, 0.1) is 0 Å². The zero-order chi connectivity index (χ0) is 19.4. The predicted molar refractivity (Wildman–Crippen MR) is 105 cm³/mol. The van der Waals surface area contributed by atoms with Gasteiger partial charge in [0.25, 0.3) is 10.7 Å². The van der Waals surface area contributed by atoms with E-state index in [1.54, 1.807) is 0 Å². The van der Waals surface area contributed by atoms with Crippen molar-refractivity contribution in [3.05, 3.63) is 69.9 Å². The summed E-state index contributed by atoms with van der Waals surface area (Å²) in [5.41, 5.74) is 4.04. The van der Waals surface area contributed by atoms with Crippen molar-refractivity contribution in [2.75, 3.05) is 5.32 Å². The summed E-state index contributed by atoms with van der Waals surface area (Å²) < 4.78 is 12.5. The fourth-order valence-corrected chi connectivity index (χ4v) is 2.72. The highest BCUT2D eigenvalue weighted by molar-refractivity contribution is 7.71. The van der Waals surface area contributed by atoms with E-state index in [-0.39, 0.29) is 23.9 Å². The third kappa shape index (κ3) is 4.83. The van der Waals surface area contributed by atoms with E-state index in [1.807, 2.05) is 63.2 Å². The fraction of sp³-hybridized carbons (Fsp3) is 0.250. The highest BCUT2D eigenvalue weighted by Crippen LogP contribution is 2.18. The first-order chi connectivity index (χ1) is 12.9. The molecule has 6 nitrogen and oxygen atoms in total. The lowest BCUT2D eigenvalue weighted by atomic mass is 10.1. The number of para-hydroxylation sites is 1. The van der Waals surface area contributed by atoms with E-state index in [4.69, 9.17) is 21.4 Å². The SMILES string of the molecule is Cc1ccc(NC(=O)Cn2nc(COc3ccccc3C)oc2=S)cc1C. The second-order valence-electron chi connectivity index (χ2n) is 6.32. The van der Waals surface area contributed by atoms with Crippen LogP contribution < -0.4 is 10.1 Å². The van der Waals surface area contributed by atoms with Crippen molar-refractivity contribution in [3.63, 3.8) is 0 Å². The molecule has 0 radical (unpaired) electrons. The molecule has 3 rings (SSSR count). The summed E-state index contributed by atoms with van der Waals surface area (Å²) >= 11 is 5.15. The number of anilines is 1. The van der Waals surface area contributed by atoms with E-state index in [0.29, 0.717) is 5.89 Å². The topological polar surface area (TPSA) is 69.3 Å². The van der Waals surface area contributed by atoms with Crippen molar-refractivity contribution in [1.82, 2.24) is 9.78 Å². The number of carbonyl (C=O) groups is 1. The van der Waals surface area contributed by atoms with Crippen molar-refractivity contribution < 1.29 is 13.9 Å². The monoisotopic (exact) mass is 383 g/mol. The van der Waals surface area contributed by atoms with Crippen molar-refractivity contribution in [1.29, 1.82) is 0 Å². The minimum Gasteiger partial charge on any atom is -0.484 e. The molecule has 1 heterocycles. The van der Waals surface area contributed by atoms with Crippen LogP contribution in [0.25, 0.3) is 0 Å². The van der Waals surface area contributed by atoms with Gasteiger partial charge in [0.2, 0.25) is 5.91 Å². The van der Waals surface area contributed by atoms with Crippen LogP contribution in [0.1, 0.15) is 22.6 Å². The molecule has 0 saturated heterocycles. The number of nitrogens with one attached hydrogen (secondary N) is 1. The highest BCUT2D eigenvalue weighted by Gasteiger charge is 2.11. The first kappa shape index (κ1) is 18.8. The van der Waals surface area contributed by atoms with E-state index in [0.717, 1.165) is 22.6 Å². The summed E-state index contributed by atoms with van der Waals surface area (Å²) in [5.74, 6) is 0.844. The van der Waals surface area contributed by atoms with Gasteiger partial charge in [-0.15, -0.1) is 5.10 Å². The molecule has 1 N–H and O–H groups in total. The second-order valence-corrected chi connectivity index (χ2v) is 6.67. The van der Waals surface area contributed by atoms with E-state index >= 15 is 0 Å². The maximum atomic E-state index is 12.3. The van der Waals surface area contributed by atoms with Gasteiger partial charge in [-0.1, -0.05) is 24.3 Å². The Kier molecular flexibility index (Phi) is 5.71. The Bertz CT molecular complexity index is 1020. The molecule has 0 aliphatic heterocycles. The molecule has 2 aromatic carbocycles. The van der Waals surface area contributed by atoms with Crippen LogP contribution >= 0.6 is 12.2 Å². The number of ether oxygens (including phenoxy) is 1. The lowest BCUT2D eigenvalue weighted by molar-refractivity contribution is -0.117. The molecule has 0 atom stereocenters. The molecule has 7 heteroatoms. The van der Waals surface area contributed by atoms with Gasteiger partial charge < -0.3 is 14.5 Å². The smallest absolute Gasteiger partial charge is 0.287 e. The summed E-state index contributed by atoms with van der Waals surface area (Å²) in [7, 11) is 0. The fourth-order valence-electron chi connectivity index (χ4n) is 2.52. The minimum atomic E-state index is -0.228. The van der Waals surface area contributed by atoms with Crippen LogP contribution in [0.4, 0.5) is 5.69 Å². The van der Waals surface area contributed by atoms with Crippen molar-refractivity contribution in [2.45, 2.75) is 33.9 Å². The Balaban J connectivity index is 1.62. The average Bonchev–Trinajstić information content (AvgIpc) is 2.97. The van der Waals surface area contributed by atoms with Gasteiger partial charge in [-0.3, -0.25) is 4.79 Å². The number of nitrogens with zero attached hydrogens (tertiary/aromatic N) is 2. The Morgan fingerprint density at radius 2 is 1.93 bits per heavy atom. The Hall–Kier alpha value is -2.93. The Labute approximate surface area is 162 Å². The molecule has 0 aliphatic rings. The molecule has 1 amide bonds. The van der Waals surface area contributed by atoms with Gasteiger partial charge in [-0.2, -0.15) is 0 Å². The van der Waals surface area contributed by atoms with Crippen LogP contribution in [0.5, 0.6) is 5.75 Å². The van der Waals surface area contributed by atoms with Gasteiger partial charge in [-0.25, -0.2) is 4.68 Å². The minimum absolute atomic E-state index is 0.0282. The van der Waals surface area contributed by atoms with E-state index in [1.165, 1.54) is 10.2 Å². The van der Waals surface area contributed by atoms with Gasteiger partial charge in [0.15, 0.2) is 6.61 Å². The lowest BCUT2D eigenvalue weighted by Crippen LogP contribution is -2.19. The molecule has 0 saturated carbocycles. The highest BCUT2D eigenvalue weighted by atomic mass is 32.1. The van der Waals surface area contributed by atoms with Crippen LogP contribution in [-0.2, 0) is 17.9 Å². The van der Waals surface area contributed by atoms with E-state index in [2.05, 4.69) is 10.4 Å². The normalized spacial score (nSPS) is 10.6. The number of carbonyl (C=O) groups excluding carboxylic acids is 1.